The molecule has 3 heterocycles. The largest absolute Gasteiger partial charge is 0.373 e. The molecule has 1 aromatic carbocycles. The van der Waals surface area contributed by atoms with E-state index >= 15 is 0 Å². The number of hydrogen-bond acceptors (Lipinski definition) is 3. The zero-order valence-electron chi connectivity index (χ0n) is 17.5. The number of piperidine rings is 1. The van der Waals surface area contributed by atoms with Crippen molar-refractivity contribution in [3.63, 3.8) is 0 Å². The van der Waals surface area contributed by atoms with Crippen LogP contribution in [-0.4, -0.2) is 73.8 Å². The zero-order chi connectivity index (χ0) is 19.3. The third-order valence-electron chi connectivity index (χ3n) is 6.67. The topological polar surface area (TPSA) is 40.1 Å². The Hall–Kier alpha value is -1.59. The number of nitrogens with one attached hydrogen (secondary N) is 1. The highest BCUT2D eigenvalue weighted by Gasteiger charge is 2.32. The molecule has 4 rings (SSSR count). The molecule has 154 valence electrons. The van der Waals surface area contributed by atoms with E-state index in [1.165, 1.54) is 31.4 Å². The van der Waals surface area contributed by atoms with Gasteiger partial charge in [-0.25, -0.2) is 0 Å². The van der Waals surface area contributed by atoms with Gasteiger partial charge in [0.25, 0.3) is 0 Å². The summed E-state index contributed by atoms with van der Waals surface area (Å²) in [6, 6.07) is 11.7. The van der Waals surface area contributed by atoms with Gasteiger partial charge in [-0.2, -0.15) is 0 Å². The molecule has 5 heteroatoms. The fourth-order valence-corrected chi connectivity index (χ4v) is 5.14. The van der Waals surface area contributed by atoms with Gasteiger partial charge in [0.1, 0.15) is 0 Å². The van der Waals surface area contributed by atoms with E-state index in [-0.39, 0.29) is 6.10 Å². The predicted molar refractivity (Wildman–Crippen MR) is 115 cm³/mol. The molecule has 0 aliphatic carbocycles. The summed E-state index contributed by atoms with van der Waals surface area (Å²) in [6.45, 7) is 11.5. The van der Waals surface area contributed by atoms with Crippen LogP contribution in [-0.2, 0) is 4.74 Å². The van der Waals surface area contributed by atoms with E-state index in [1.54, 1.807) is 0 Å². The minimum Gasteiger partial charge on any atom is -0.373 e. The molecule has 3 aliphatic rings. The number of guanidine groups is 1. The number of rotatable bonds is 4. The molecule has 0 spiro atoms. The molecule has 0 bridgehead atoms. The molecule has 3 fully saturated rings. The predicted octanol–water partition coefficient (Wildman–Crippen LogP) is 2.94. The fraction of sp³-hybridized carbons (Fsp3) is 0.696. The molecule has 28 heavy (non-hydrogen) atoms. The molecular weight excluding hydrogens is 348 g/mol. The highest BCUT2D eigenvalue weighted by atomic mass is 16.5. The van der Waals surface area contributed by atoms with E-state index in [0.717, 1.165) is 45.3 Å². The molecule has 0 amide bonds. The number of benzene rings is 1. The van der Waals surface area contributed by atoms with Gasteiger partial charge in [-0.15, -0.1) is 0 Å². The fourth-order valence-electron chi connectivity index (χ4n) is 5.14. The van der Waals surface area contributed by atoms with Crippen molar-refractivity contribution >= 4 is 5.96 Å². The van der Waals surface area contributed by atoms with Crippen LogP contribution in [0.4, 0.5) is 0 Å². The van der Waals surface area contributed by atoms with E-state index in [2.05, 4.69) is 59.3 Å². The lowest BCUT2D eigenvalue weighted by Crippen LogP contribution is -2.49. The Labute approximate surface area is 170 Å². The van der Waals surface area contributed by atoms with Crippen LogP contribution in [0.3, 0.4) is 0 Å². The first-order chi connectivity index (χ1) is 13.7. The molecule has 4 atom stereocenters. The SMILES string of the molecule is CCNC(=NCC1CN2CCCC2CO1)N1CCC(c2ccccc2)C(C)C1. The van der Waals surface area contributed by atoms with Gasteiger partial charge in [0.2, 0.25) is 0 Å². The molecule has 0 saturated carbocycles. The summed E-state index contributed by atoms with van der Waals surface area (Å²) in [5.74, 6) is 2.33. The minimum absolute atomic E-state index is 0.238. The van der Waals surface area contributed by atoms with Crippen LogP contribution in [0.2, 0.25) is 0 Å². The standard InChI is InChI=1S/C23H36N4O/c1-3-24-23(25-14-21-16-26-12-7-10-20(26)17-28-21)27-13-11-22(18(2)15-27)19-8-5-4-6-9-19/h4-6,8-9,18,20-22H,3,7,10-17H2,1-2H3,(H,24,25). The smallest absolute Gasteiger partial charge is 0.194 e. The first-order valence-corrected chi connectivity index (χ1v) is 11.2. The zero-order valence-corrected chi connectivity index (χ0v) is 17.5. The van der Waals surface area contributed by atoms with Crippen molar-refractivity contribution in [2.75, 3.05) is 45.9 Å². The number of hydrogen-bond donors (Lipinski definition) is 1. The van der Waals surface area contributed by atoms with Crippen molar-refractivity contribution in [1.82, 2.24) is 15.1 Å². The first-order valence-electron chi connectivity index (χ1n) is 11.2. The number of nitrogens with zero attached hydrogens (tertiary/aromatic N) is 3. The van der Waals surface area contributed by atoms with Crippen LogP contribution in [0.1, 0.15) is 44.6 Å². The molecular formula is C23H36N4O. The van der Waals surface area contributed by atoms with Crippen molar-refractivity contribution in [3.05, 3.63) is 35.9 Å². The Kier molecular flexibility index (Phi) is 6.53. The van der Waals surface area contributed by atoms with E-state index < -0.39 is 0 Å². The van der Waals surface area contributed by atoms with E-state index in [9.17, 15) is 0 Å². The van der Waals surface area contributed by atoms with Crippen molar-refractivity contribution in [2.24, 2.45) is 10.9 Å². The van der Waals surface area contributed by atoms with E-state index in [1.807, 2.05) is 0 Å². The second kappa shape index (κ2) is 9.27. The normalized spacial score (nSPS) is 31.6. The third-order valence-corrected chi connectivity index (χ3v) is 6.67. The van der Waals surface area contributed by atoms with Gasteiger partial charge >= 0.3 is 0 Å². The number of ether oxygens (including phenoxy) is 1. The molecule has 1 N–H and O–H groups in total. The van der Waals surface area contributed by atoms with Crippen LogP contribution >= 0.6 is 0 Å². The third kappa shape index (κ3) is 4.52. The Morgan fingerprint density at radius 2 is 2.04 bits per heavy atom. The van der Waals surface area contributed by atoms with Gasteiger partial charge in [0.15, 0.2) is 5.96 Å². The monoisotopic (exact) mass is 384 g/mol. The summed E-state index contributed by atoms with van der Waals surface area (Å²) in [5.41, 5.74) is 1.48. The molecule has 3 saturated heterocycles. The van der Waals surface area contributed by atoms with Crippen LogP contribution in [0, 0.1) is 5.92 Å². The number of fused-ring (bicyclic) bond motifs is 1. The molecule has 0 aromatic heterocycles. The Balaban J connectivity index is 1.36. The lowest BCUT2D eigenvalue weighted by Gasteiger charge is -2.39. The maximum absolute atomic E-state index is 6.11. The highest BCUT2D eigenvalue weighted by molar-refractivity contribution is 5.80. The summed E-state index contributed by atoms with van der Waals surface area (Å²) in [6.07, 6.45) is 4.04. The molecule has 0 radical (unpaired) electrons. The molecule has 5 nitrogen and oxygen atoms in total. The second-order valence-corrected chi connectivity index (χ2v) is 8.67. The molecule has 1 aromatic rings. The summed E-state index contributed by atoms with van der Waals surface area (Å²) in [5, 5.41) is 3.52. The number of likely N-dealkylation sites (tertiary alicyclic amines) is 1. The van der Waals surface area contributed by atoms with Crippen LogP contribution in [0.5, 0.6) is 0 Å². The van der Waals surface area contributed by atoms with Gasteiger partial charge in [0.05, 0.1) is 19.3 Å². The first kappa shape index (κ1) is 19.7. The number of aliphatic imine (C=N–C) groups is 1. The average Bonchev–Trinajstić information content (AvgIpc) is 3.19. The van der Waals surface area contributed by atoms with Gasteiger partial charge in [-0.3, -0.25) is 9.89 Å². The summed E-state index contributed by atoms with van der Waals surface area (Å²) in [4.78, 5) is 10.0. The lowest BCUT2D eigenvalue weighted by molar-refractivity contribution is -0.0433. The summed E-state index contributed by atoms with van der Waals surface area (Å²) < 4.78 is 6.11. The van der Waals surface area contributed by atoms with Crippen LogP contribution in [0.15, 0.2) is 35.3 Å². The number of morpholine rings is 1. The van der Waals surface area contributed by atoms with E-state index in [4.69, 9.17) is 9.73 Å². The van der Waals surface area contributed by atoms with Crippen molar-refractivity contribution in [1.29, 1.82) is 0 Å². The van der Waals surface area contributed by atoms with E-state index in [0.29, 0.717) is 17.9 Å². The van der Waals surface area contributed by atoms with Crippen LogP contribution in [0.25, 0.3) is 0 Å². The Morgan fingerprint density at radius 1 is 1.18 bits per heavy atom. The minimum atomic E-state index is 0.238. The Bertz CT molecular complexity index is 649. The Morgan fingerprint density at radius 3 is 2.82 bits per heavy atom. The maximum Gasteiger partial charge on any atom is 0.194 e. The van der Waals surface area contributed by atoms with Crippen LogP contribution < -0.4 is 5.32 Å². The quantitative estimate of drug-likeness (QED) is 0.640. The second-order valence-electron chi connectivity index (χ2n) is 8.67. The summed E-state index contributed by atoms with van der Waals surface area (Å²) in [7, 11) is 0. The molecule has 4 unspecified atom stereocenters. The lowest BCUT2D eigenvalue weighted by atomic mass is 9.82. The van der Waals surface area contributed by atoms with Crippen molar-refractivity contribution < 1.29 is 4.74 Å². The van der Waals surface area contributed by atoms with Crippen molar-refractivity contribution in [2.45, 2.75) is 51.2 Å². The molecule has 3 aliphatic heterocycles. The average molecular weight is 385 g/mol. The maximum atomic E-state index is 6.11. The van der Waals surface area contributed by atoms with Gasteiger partial charge in [-0.05, 0) is 50.1 Å². The van der Waals surface area contributed by atoms with Gasteiger partial charge in [0, 0.05) is 32.2 Å². The highest BCUT2D eigenvalue weighted by Crippen LogP contribution is 2.32. The van der Waals surface area contributed by atoms with Gasteiger partial charge < -0.3 is 15.0 Å². The van der Waals surface area contributed by atoms with Gasteiger partial charge in [-0.1, -0.05) is 37.3 Å². The summed E-state index contributed by atoms with van der Waals surface area (Å²) >= 11 is 0. The van der Waals surface area contributed by atoms with Crippen molar-refractivity contribution in [3.8, 4) is 0 Å².